The summed E-state index contributed by atoms with van der Waals surface area (Å²) in [5.41, 5.74) is -0.811. The zero-order valence-corrected chi connectivity index (χ0v) is 20.5. The summed E-state index contributed by atoms with van der Waals surface area (Å²) in [6.45, 7) is 8.88. The number of piperidine rings is 1. The van der Waals surface area contributed by atoms with E-state index >= 15 is 0 Å². The molecular weight excluding hydrogens is 446 g/mol. The van der Waals surface area contributed by atoms with Crippen molar-refractivity contribution in [1.29, 1.82) is 0 Å². The van der Waals surface area contributed by atoms with Gasteiger partial charge in [-0.25, -0.2) is 9.36 Å². The van der Waals surface area contributed by atoms with Crippen LogP contribution in [0.1, 0.15) is 51.0 Å². The molecule has 2 aliphatic rings. The van der Waals surface area contributed by atoms with Gasteiger partial charge in [0, 0.05) is 24.4 Å². The number of carbonyl (C=O) groups is 2. The second kappa shape index (κ2) is 9.06. The highest BCUT2D eigenvalue weighted by Gasteiger charge is 2.33. The molecule has 0 N–H and O–H groups in total. The Balaban J connectivity index is 1.83. The van der Waals surface area contributed by atoms with Gasteiger partial charge in [-0.2, -0.15) is 0 Å². The molecule has 4 heterocycles. The summed E-state index contributed by atoms with van der Waals surface area (Å²) >= 11 is 1.32. The van der Waals surface area contributed by atoms with Crippen molar-refractivity contribution < 1.29 is 19.1 Å². The van der Waals surface area contributed by atoms with E-state index in [1.54, 1.807) is 11.8 Å². The van der Waals surface area contributed by atoms with Gasteiger partial charge >= 0.3 is 11.7 Å². The van der Waals surface area contributed by atoms with E-state index in [4.69, 9.17) is 9.47 Å². The van der Waals surface area contributed by atoms with Crippen molar-refractivity contribution in [2.24, 2.45) is 5.92 Å². The predicted molar refractivity (Wildman–Crippen MR) is 125 cm³/mol. The van der Waals surface area contributed by atoms with E-state index in [1.165, 1.54) is 15.9 Å². The van der Waals surface area contributed by atoms with Crippen LogP contribution in [0.25, 0.3) is 10.2 Å². The first-order valence-electron chi connectivity index (χ1n) is 11.5. The van der Waals surface area contributed by atoms with Crippen LogP contribution in [0.15, 0.2) is 9.59 Å². The number of carbonyl (C=O) groups excluding carboxylic acids is 2. The number of hydrogen-bond acceptors (Lipinski definition) is 7. The zero-order chi connectivity index (χ0) is 23.9. The lowest BCUT2D eigenvalue weighted by Crippen LogP contribution is -2.46. The molecule has 1 saturated heterocycles. The molecule has 0 spiro atoms. The van der Waals surface area contributed by atoms with Crippen LogP contribution in [0.3, 0.4) is 0 Å². The van der Waals surface area contributed by atoms with Gasteiger partial charge in [-0.15, -0.1) is 11.3 Å². The Morgan fingerprint density at radius 2 is 1.85 bits per heavy atom. The van der Waals surface area contributed by atoms with Gasteiger partial charge in [-0.3, -0.25) is 19.0 Å². The molecule has 0 aliphatic carbocycles. The average Bonchev–Trinajstić information content (AvgIpc) is 3.12. The molecule has 0 atom stereocenters. The first-order valence-corrected chi connectivity index (χ1v) is 12.3. The van der Waals surface area contributed by atoms with Crippen LogP contribution in [0, 0.1) is 5.92 Å². The zero-order valence-electron chi connectivity index (χ0n) is 19.6. The summed E-state index contributed by atoms with van der Waals surface area (Å²) in [6, 6.07) is 0. The van der Waals surface area contributed by atoms with E-state index in [1.807, 2.05) is 13.8 Å². The number of nitrogens with zero attached hydrogens (tertiary/aromatic N) is 3. The fraction of sp³-hybridized carbons (Fsp3) is 0.652. The third-order valence-corrected chi connectivity index (χ3v) is 7.69. The van der Waals surface area contributed by atoms with Crippen molar-refractivity contribution >= 4 is 33.4 Å². The second-order valence-electron chi connectivity index (χ2n) is 9.54. The second-order valence-corrected chi connectivity index (χ2v) is 10.6. The quantitative estimate of drug-likeness (QED) is 0.610. The number of aromatic nitrogens is 2. The fourth-order valence-electron chi connectivity index (χ4n) is 4.51. The summed E-state index contributed by atoms with van der Waals surface area (Å²) < 4.78 is 13.1. The third kappa shape index (κ3) is 4.63. The Morgan fingerprint density at radius 1 is 1.15 bits per heavy atom. The van der Waals surface area contributed by atoms with E-state index in [0.717, 1.165) is 27.8 Å². The molecule has 0 radical (unpaired) electrons. The van der Waals surface area contributed by atoms with E-state index in [-0.39, 0.29) is 19.1 Å². The average molecular weight is 478 g/mol. The lowest BCUT2D eigenvalue weighted by molar-refractivity contribution is -0.143. The number of rotatable bonds is 5. The highest BCUT2D eigenvalue weighted by atomic mass is 32.1. The van der Waals surface area contributed by atoms with Crippen LogP contribution < -0.4 is 11.2 Å². The molecule has 1 fully saturated rings. The van der Waals surface area contributed by atoms with E-state index in [0.29, 0.717) is 42.3 Å². The molecule has 2 aromatic rings. The molecule has 2 aromatic heterocycles. The van der Waals surface area contributed by atoms with Crippen molar-refractivity contribution in [2.75, 3.05) is 19.7 Å². The standard InChI is InChI=1S/C23H31N3O6S/c1-5-31-18(28)12-25-20(29)19-15-10-23(3,4)32-13-16(15)33-21(19)26(22(25)30)11-17(27)24-8-6-14(2)7-9-24/h14H,5-13H2,1-4H3. The molecule has 4 rings (SSSR count). The number of esters is 1. The van der Waals surface area contributed by atoms with Crippen molar-refractivity contribution in [1.82, 2.24) is 14.0 Å². The molecule has 0 unspecified atom stereocenters. The molecule has 0 aromatic carbocycles. The number of hydrogen-bond donors (Lipinski definition) is 0. The Labute approximate surface area is 195 Å². The first-order chi connectivity index (χ1) is 15.6. The highest BCUT2D eigenvalue weighted by Crippen LogP contribution is 2.37. The van der Waals surface area contributed by atoms with Gasteiger partial charge in [-0.1, -0.05) is 6.92 Å². The molecule has 0 saturated carbocycles. The molecular formula is C23H31N3O6S. The van der Waals surface area contributed by atoms with Crippen LogP contribution in [0.4, 0.5) is 0 Å². The van der Waals surface area contributed by atoms with Crippen molar-refractivity contribution in [2.45, 2.75) is 72.3 Å². The largest absolute Gasteiger partial charge is 0.465 e. The number of ether oxygens (including phenoxy) is 2. The third-order valence-electron chi connectivity index (χ3n) is 6.46. The minimum atomic E-state index is -0.668. The number of thiophene rings is 1. The lowest BCUT2D eigenvalue weighted by atomic mass is 9.94. The van der Waals surface area contributed by atoms with Crippen LogP contribution >= 0.6 is 11.3 Å². The molecule has 9 nitrogen and oxygen atoms in total. The summed E-state index contributed by atoms with van der Waals surface area (Å²) in [5.74, 6) is -0.247. The summed E-state index contributed by atoms with van der Waals surface area (Å²) in [4.78, 5) is 55.2. The van der Waals surface area contributed by atoms with E-state index in [9.17, 15) is 19.2 Å². The molecule has 2 aliphatic heterocycles. The van der Waals surface area contributed by atoms with Gasteiger partial charge in [0.25, 0.3) is 5.56 Å². The van der Waals surface area contributed by atoms with Crippen LogP contribution in [0.5, 0.6) is 0 Å². The number of amides is 1. The van der Waals surface area contributed by atoms with Crippen LogP contribution in [-0.4, -0.2) is 51.2 Å². The molecule has 33 heavy (non-hydrogen) atoms. The Hall–Kier alpha value is -2.46. The van der Waals surface area contributed by atoms with Crippen molar-refractivity contribution in [3.8, 4) is 0 Å². The van der Waals surface area contributed by atoms with E-state index < -0.39 is 29.4 Å². The monoisotopic (exact) mass is 477 g/mol. The van der Waals surface area contributed by atoms with Crippen molar-refractivity contribution in [3.63, 3.8) is 0 Å². The van der Waals surface area contributed by atoms with Gasteiger partial charge in [0.15, 0.2) is 0 Å². The maximum absolute atomic E-state index is 13.4. The molecule has 0 bridgehead atoms. The predicted octanol–water partition coefficient (Wildman–Crippen LogP) is 1.90. The molecule has 180 valence electrons. The number of fused-ring (bicyclic) bond motifs is 3. The normalized spacial score (nSPS) is 18.4. The Bertz CT molecular complexity index is 1200. The summed E-state index contributed by atoms with van der Waals surface area (Å²) in [7, 11) is 0. The fourth-order valence-corrected chi connectivity index (χ4v) is 5.73. The molecule has 1 amide bonds. The number of likely N-dealkylation sites (tertiary alicyclic amines) is 1. The van der Waals surface area contributed by atoms with E-state index in [2.05, 4.69) is 6.92 Å². The van der Waals surface area contributed by atoms with Gasteiger partial charge in [0.05, 0.1) is 24.2 Å². The maximum Gasteiger partial charge on any atom is 0.333 e. The minimum Gasteiger partial charge on any atom is -0.465 e. The SMILES string of the molecule is CCOC(=O)Cn1c(=O)c2c3c(sc2n(CC(=O)N2CCC(C)CC2)c1=O)COC(C)(C)C3. The van der Waals surface area contributed by atoms with Crippen molar-refractivity contribution in [3.05, 3.63) is 31.3 Å². The summed E-state index contributed by atoms with van der Waals surface area (Å²) in [5, 5.41) is 0.398. The lowest BCUT2D eigenvalue weighted by Gasteiger charge is -2.30. The van der Waals surface area contributed by atoms with Gasteiger partial charge < -0.3 is 14.4 Å². The van der Waals surface area contributed by atoms with Gasteiger partial charge in [0.2, 0.25) is 5.91 Å². The molecule has 10 heteroatoms. The van der Waals surface area contributed by atoms with Gasteiger partial charge in [0.1, 0.15) is 17.9 Å². The smallest absolute Gasteiger partial charge is 0.333 e. The van der Waals surface area contributed by atoms with Crippen LogP contribution in [0.2, 0.25) is 0 Å². The van der Waals surface area contributed by atoms with Crippen LogP contribution in [-0.2, 0) is 45.2 Å². The summed E-state index contributed by atoms with van der Waals surface area (Å²) in [6.07, 6.45) is 2.36. The maximum atomic E-state index is 13.4. The highest BCUT2D eigenvalue weighted by molar-refractivity contribution is 7.18. The minimum absolute atomic E-state index is 0.148. The Kier molecular flexibility index (Phi) is 6.50. The van der Waals surface area contributed by atoms with Gasteiger partial charge in [-0.05, 0) is 45.1 Å². The Morgan fingerprint density at radius 3 is 2.52 bits per heavy atom. The topological polar surface area (TPSA) is 99.8 Å². The first kappa shape index (κ1) is 23.7.